The molecule has 0 saturated carbocycles. The van der Waals surface area contributed by atoms with E-state index in [2.05, 4.69) is 5.32 Å². The van der Waals surface area contributed by atoms with Gasteiger partial charge in [0.05, 0.1) is 6.61 Å². The molecule has 2 aromatic carbocycles. The van der Waals surface area contributed by atoms with Gasteiger partial charge < -0.3 is 10.1 Å². The van der Waals surface area contributed by atoms with Gasteiger partial charge in [-0.05, 0) is 62.1 Å². The van der Waals surface area contributed by atoms with Crippen LogP contribution in [0.5, 0.6) is 5.75 Å². The van der Waals surface area contributed by atoms with Crippen molar-refractivity contribution in [1.29, 1.82) is 0 Å². The van der Waals surface area contributed by atoms with Gasteiger partial charge in [0.2, 0.25) is 0 Å². The van der Waals surface area contributed by atoms with Gasteiger partial charge in [0, 0.05) is 17.1 Å². The molecule has 23 heavy (non-hydrogen) atoms. The number of nitrogens with one attached hydrogen (secondary N) is 1. The van der Waals surface area contributed by atoms with E-state index < -0.39 is 0 Å². The van der Waals surface area contributed by atoms with Crippen molar-refractivity contribution in [1.82, 2.24) is 5.32 Å². The molecule has 0 radical (unpaired) electrons. The molecule has 0 unspecified atom stereocenters. The largest absolute Gasteiger partial charge is 0.494 e. The summed E-state index contributed by atoms with van der Waals surface area (Å²) < 4.78 is 5.49. The lowest BCUT2D eigenvalue weighted by molar-refractivity contribution is 0.0953. The number of hydrogen-bond acceptors (Lipinski definition) is 2. The standard InChI is InChI=1S/C19H22ClNO2/c1-3-23-18-11-10-16(13-14(18)2)19(22)21-12-6-8-15-7-4-5-9-17(15)20/h4-5,7,9-11,13H,3,6,8,12H2,1-2H3,(H,21,22). The number of benzene rings is 2. The topological polar surface area (TPSA) is 38.3 Å². The highest BCUT2D eigenvalue weighted by Crippen LogP contribution is 2.19. The van der Waals surface area contributed by atoms with Gasteiger partial charge in [0.25, 0.3) is 5.91 Å². The second kappa shape index (κ2) is 8.59. The van der Waals surface area contributed by atoms with Crippen LogP contribution in [-0.2, 0) is 6.42 Å². The van der Waals surface area contributed by atoms with Gasteiger partial charge in [-0.15, -0.1) is 0 Å². The molecular weight excluding hydrogens is 310 g/mol. The van der Waals surface area contributed by atoms with Crippen molar-refractivity contribution >= 4 is 17.5 Å². The van der Waals surface area contributed by atoms with Crippen molar-refractivity contribution in [2.24, 2.45) is 0 Å². The number of rotatable bonds is 7. The van der Waals surface area contributed by atoms with Crippen LogP contribution in [0, 0.1) is 6.92 Å². The van der Waals surface area contributed by atoms with Crippen molar-refractivity contribution < 1.29 is 9.53 Å². The van der Waals surface area contributed by atoms with Gasteiger partial charge in [-0.25, -0.2) is 0 Å². The average Bonchev–Trinajstić information content (AvgIpc) is 2.55. The second-order valence-corrected chi connectivity index (χ2v) is 5.77. The molecule has 2 aromatic rings. The third-order valence-electron chi connectivity index (χ3n) is 3.60. The lowest BCUT2D eigenvalue weighted by atomic mass is 10.1. The normalized spacial score (nSPS) is 10.4. The first-order valence-corrected chi connectivity index (χ1v) is 8.24. The van der Waals surface area contributed by atoms with Gasteiger partial charge in [-0.1, -0.05) is 29.8 Å². The highest BCUT2D eigenvalue weighted by molar-refractivity contribution is 6.31. The first-order chi connectivity index (χ1) is 11.1. The molecule has 0 atom stereocenters. The minimum atomic E-state index is -0.0599. The zero-order valence-electron chi connectivity index (χ0n) is 13.6. The molecule has 3 nitrogen and oxygen atoms in total. The van der Waals surface area contributed by atoms with E-state index in [1.54, 1.807) is 6.07 Å². The third-order valence-corrected chi connectivity index (χ3v) is 3.97. The van der Waals surface area contributed by atoms with Crippen molar-refractivity contribution in [2.75, 3.05) is 13.2 Å². The minimum Gasteiger partial charge on any atom is -0.494 e. The molecule has 0 aliphatic rings. The number of hydrogen-bond donors (Lipinski definition) is 1. The van der Waals surface area contributed by atoms with Crippen LogP contribution in [0.3, 0.4) is 0 Å². The summed E-state index contributed by atoms with van der Waals surface area (Å²) in [5.41, 5.74) is 2.74. The SMILES string of the molecule is CCOc1ccc(C(=O)NCCCc2ccccc2Cl)cc1C. The number of carbonyl (C=O) groups is 1. The molecule has 0 bridgehead atoms. The number of halogens is 1. The van der Waals surface area contributed by atoms with Gasteiger partial charge in [-0.3, -0.25) is 4.79 Å². The molecule has 1 N–H and O–H groups in total. The Bertz CT molecular complexity index is 670. The summed E-state index contributed by atoms with van der Waals surface area (Å²) in [4.78, 5) is 12.2. The van der Waals surface area contributed by atoms with Crippen LogP contribution in [-0.4, -0.2) is 19.1 Å². The molecule has 1 amide bonds. The fourth-order valence-corrected chi connectivity index (χ4v) is 2.62. The Balaban J connectivity index is 1.83. The van der Waals surface area contributed by atoms with Crippen LogP contribution in [0.15, 0.2) is 42.5 Å². The third kappa shape index (κ3) is 5.00. The molecule has 0 fully saturated rings. The van der Waals surface area contributed by atoms with E-state index in [0.29, 0.717) is 18.7 Å². The maximum atomic E-state index is 12.2. The van der Waals surface area contributed by atoms with Crippen molar-refractivity contribution in [3.05, 3.63) is 64.2 Å². The first-order valence-electron chi connectivity index (χ1n) is 7.87. The van der Waals surface area contributed by atoms with Crippen molar-refractivity contribution in [2.45, 2.75) is 26.7 Å². The Morgan fingerprint density at radius 3 is 2.70 bits per heavy atom. The summed E-state index contributed by atoms with van der Waals surface area (Å²) in [6.45, 7) is 5.13. The fourth-order valence-electron chi connectivity index (χ4n) is 2.39. The van der Waals surface area contributed by atoms with Gasteiger partial charge in [0.1, 0.15) is 5.75 Å². The van der Waals surface area contributed by atoms with Crippen LogP contribution >= 0.6 is 11.6 Å². The van der Waals surface area contributed by atoms with Gasteiger partial charge >= 0.3 is 0 Å². The van der Waals surface area contributed by atoms with E-state index >= 15 is 0 Å². The molecule has 0 saturated heterocycles. The first kappa shape index (κ1) is 17.4. The number of aryl methyl sites for hydroxylation is 2. The average molecular weight is 332 g/mol. The van der Waals surface area contributed by atoms with Crippen LogP contribution in [0.2, 0.25) is 5.02 Å². The monoisotopic (exact) mass is 331 g/mol. The Labute approximate surface area is 142 Å². The second-order valence-electron chi connectivity index (χ2n) is 5.36. The van der Waals surface area contributed by atoms with Crippen LogP contribution in [0.1, 0.15) is 34.8 Å². The summed E-state index contributed by atoms with van der Waals surface area (Å²) in [5, 5.41) is 3.72. The van der Waals surface area contributed by atoms with Crippen LogP contribution in [0.4, 0.5) is 0 Å². The summed E-state index contributed by atoms with van der Waals surface area (Å²) in [6, 6.07) is 13.3. The summed E-state index contributed by atoms with van der Waals surface area (Å²) in [5.74, 6) is 0.762. The predicted molar refractivity (Wildman–Crippen MR) is 94.5 cm³/mol. The molecule has 0 aliphatic carbocycles. The van der Waals surface area contributed by atoms with E-state index in [4.69, 9.17) is 16.3 Å². The van der Waals surface area contributed by atoms with E-state index in [0.717, 1.165) is 34.7 Å². The van der Waals surface area contributed by atoms with Gasteiger partial charge in [-0.2, -0.15) is 0 Å². The minimum absolute atomic E-state index is 0.0599. The highest BCUT2D eigenvalue weighted by Gasteiger charge is 2.08. The zero-order chi connectivity index (χ0) is 16.7. The molecule has 0 aliphatic heterocycles. The summed E-state index contributed by atoms with van der Waals surface area (Å²) in [6.07, 6.45) is 1.70. The Hall–Kier alpha value is -2.00. The Morgan fingerprint density at radius 2 is 2.00 bits per heavy atom. The molecule has 122 valence electrons. The van der Waals surface area contributed by atoms with Gasteiger partial charge in [0.15, 0.2) is 0 Å². The Kier molecular flexibility index (Phi) is 6.48. The fraction of sp³-hybridized carbons (Fsp3) is 0.316. The summed E-state index contributed by atoms with van der Waals surface area (Å²) >= 11 is 6.12. The summed E-state index contributed by atoms with van der Waals surface area (Å²) in [7, 11) is 0. The molecular formula is C19H22ClNO2. The maximum Gasteiger partial charge on any atom is 0.251 e. The zero-order valence-corrected chi connectivity index (χ0v) is 14.3. The molecule has 0 spiro atoms. The van der Waals surface area contributed by atoms with Crippen molar-refractivity contribution in [3.63, 3.8) is 0 Å². The highest BCUT2D eigenvalue weighted by atomic mass is 35.5. The lowest BCUT2D eigenvalue weighted by Crippen LogP contribution is -2.24. The van der Waals surface area contributed by atoms with Crippen molar-refractivity contribution in [3.8, 4) is 5.75 Å². The molecule has 4 heteroatoms. The maximum absolute atomic E-state index is 12.2. The molecule has 2 rings (SSSR count). The lowest BCUT2D eigenvalue weighted by Gasteiger charge is -2.10. The quantitative estimate of drug-likeness (QED) is 0.763. The smallest absolute Gasteiger partial charge is 0.251 e. The number of amides is 1. The van der Waals surface area contributed by atoms with E-state index in [1.807, 2.05) is 50.2 Å². The Morgan fingerprint density at radius 1 is 1.22 bits per heavy atom. The van der Waals surface area contributed by atoms with Crippen LogP contribution in [0.25, 0.3) is 0 Å². The van der Waals surface area contributed by atoms with E-state index in [9.17, 15) is 4.79 Å². The number of ether oxygens (including phenoxy) is 1. The van der Waals surface area contributed by atoms with Crippen LogP contribution < -0.4 is 10.1 Å². The molecule has 0 aromatic heterocycles. The number of carbonyl (C=O) groups excluding carboxylic acids is 1. The van der Waals surface area contributed by atoms with E-state index in [1.165, 1.54) is 0 Å². The predicted octanol–water partition coefficient (Wildman–Crippen LogP) is 4.41. The van der Waals surface area contributed by atoms with E-state index in [-0.39, 0.29) is 5.91 Å². The molecule has 0 heterocycles.